The van der Waals surface area contributed by atoms with Gasteiger partial charge in [0, 0.05) is 45.3 Å². The smallest absolute Gasteiger partial charge is 0.0292 e. The molecule has 0 amide bonds. The van der Waals surface area contributed by atoms with Crippen molar-refractivity contribution < 1.29 is 0 Å². The monoisotopic (exact) mass is 175 g/mol. The summed E-state index contributed by atoms with van der Waals surface area (Å²) in [6.45, 7) is 4.24. The van der Waals surface area contributed by atoms with Crippen molar-refractivity contribution in [2.45, 2.75) is 6.04 Å². The van der Waals surface area contributed by atoms with Crippen LogP contribution in [-0.4, -0.2) is 50.2 Å². The maximum Gasteiger partial charge on any atom is 0.0292 e. The van der Waals surface area contributed by atoms with Crippen LogP contribution in [0, 0.1) is 0 Å². The minimum atomic E-state index is 0.0306. The molecule has 74 valence electrons. The lowest BCUT2D eigenvalue weighted by atomic mass is 10.3. The van der Waals surface area contributed by atoms with Crippen molar-refractivity contribution in [3.8, 4) is 0 Å². The molecular formula is C7H21N5. The molecule has 0 rings (SSSR count). The Hall–Kier alpha value is -0.200. The third-order valence-electron chi connectivity index (χ3n) is 1.69. The van der Waals surface area contributed by atoms with Crippen molar-refractivity contribution >= 4 is 0 Å². The van der Waals surface area contributed by atoms with Gasteiger partial charge in [0.15, 0.2) is 0 Å². The van der Waals surface area contributed by atoms with Crippen molar-refractivity contribution in [3.05, 3.63) is 0 Å². The average Bonchev–Trinajstić information content (AvgIpc) is 2.05. The number of nitrogens with zero attached hydrogens (tertiary/aromatic N) is 1. The molecule has 0 spiro atoms. The van der Waals surface area contributed by atoms with Gasteiger partial charge >= 0.3 is 0 Å². The van der Waals surface area contributed by atoms with Gasteiger partial charge in [0.1, 0.15) is 0 Å². The van der Waals surface area contributed by atoms with Crippen LogP contribution in [0.3, 0.4) is 0 Å². The summed E-state index contributed by atoms with van der Waals surface area (Å²) in [7, 11) is 0. The van der Waals surface area contributed by atoms with E-state index in [4.69, 9.17) is 22.9 Å². The van der Waals surface area contributed by atoms with Crippen LogP contribution < -0.4 is 22.9 Å². The van der Waals surface area contributed by atoms with E-state index in [0.29, 0.717) is 19.6 Å². The van der Waals surface area contributed by atoms with E-state index in [1.54, 1.807) is 0 Å². The minimum absolute atomic E-state index is 0.0306. The Morgan fingerprint density at radius 2 is 1.50 bits per heavy atom. The molecule has 0 saturated heterocycles. The molecule has 1 atom stereocenters. The van der Waals surface area contributed by atoms with Gasteiger partial charge in [-0.25, -0.2) is 0 Å². The molecule has 1 unspecified atom stereocenters. The van der Waals surface area contributed by atoms with Crippen LogP contribution >= 0.6 is 0 Å². The number of rotatable bonds is 7. The Morgan fingerprint density at radius 1 is 1.00 bits per heavy atom. The van der Waals surface area contributed by atoms with Crippen LogP contribution in [-0.2, 0) is 0 Å². The zero-order valence-electron chi connectivity index (χ0n) is 7.58. The molecule has 0 heterocycles. The Balaban J connectivity index is 3.61. The maximum absolute atomic E-state index is 5.69. The minimum Gasteiger partial charge on any atom is -0.329 e. The number of hydrogen-bond donors (Lipinski definition) is 4. The molecule has 0 aromatic carbocycles. The van der Waals surface area contributed by atoms with Gasteiger partial charge in [-0.1, -0.05) is 0 Å². The van der Waals surface area contributed by atoms with Crippen LogP contribution in [0.5, 0.6) is 0 Å². The van der Waals surface area contributed by atoms with Crippen molar-refractivity contribution in [2.75, 3.05) is 39.3 Å². The maximum atomic E-state index is 5.69. The highest BCUT2D eigenvalue weighted by atomic mass is 15.1. The average molecular weight is 175 g/mol. The zero-order valence-corrected chi connectivity index (χ0v) is 7.58. The molecule has 0 aromatic rings. The van der Waals surface area contributed by atoms with Gasteiger partial charge in [-0.15, -0.1) is 0 Å². The second-order valence-electron chi connectivity index (χ2n) is 2.87. The molecule has 0 bridgehead atoms. The van der Waals surface area contributed by atoms with E-state index in [0.717, 1.165) is 19.6 Å². The Morgan fingerprint density at radius 3 is 1.83 bits per heavy atom. The highest BCUT2D eigenvalue weighted by molar-refractivity contribution is 4.69. The molecule has 0 aliphatic rings. The van der Waals surface area contributed by atoms with E-state index < -0.39 is 0 Å². The second-order valence-corrected chi connectivity index (χ2v) is 2.87. The van der Waals surface area contributed by atoms with Gasteiger partial charge in [-0.2, -0.15) is 0 Å². The van der Waals surface area contributed by atoms with E-state index in [-0.39, 0.29) is 6.04 Å². The number of nitrogens with two attached hydrogens (primary N) is 4. The molecule has 0 fully saturated rings. The first-order chi connectivity index (χ1) is 5.74. The van der Waals surface area contributed by atoms with Crippen LogP contribution in [0.15, 0.2) is 0 Å². The van der Waals surface area contributed by atoms with Gasteiger partial charge in [0.05, 0.1) is 0 Å². The quantitative estimate of drug-likeness (QED) is 0.342. The largest absolute Gasteiger partial charge is 0.329 e. The third kappa shape index (κ3) is 5.45. The Kier molecular flexibility index (Phi) is 7.33. The number of hydrogen-bond acceptors (Lipinski definition) is 5. The van der Waals surface area contributed by atoms with Gasteiger partial charge in [0.25, 0.3) is 0 Å². The van der Waals surface area contributed by atoms with E-state index in [2.05, 4.69) is 4.90 Å². The summed E-state index contributed by atoms with van der Waals surface area (Å²) < 4.78 is 0. The highest BCUT2D eigenvalue weighted by Gasteiger charge is 2.06. The first-order valence-corrected chi connectivity index (χ1v) is 4.32. The predicted molar refractivity (Wildman–Crippen MR) is 51.6 cm³/mol. The SMILES string of the molecule is NCCN(CCN)CC(N)CN. The van der Waals surface area contributed by atoms with E-state index in [1.807, 2.05) is 0 Å². The molecule has 0 aliphatic carbocycles. The fraction of sp³-hybridized carbons (Fsp3) is 1.00. The molecule has 5 nitrogen and oxygen atoms in total. The van der Waals surface area contributed by atoms with Crippen molar-refractivity contribution in [1.82, 2.24) is 4.90 Å². The highest BCUT2D eigenvalue weighted by Crippen LogP contribution is 1.87. The lowest BCUT2D eigenvalue weighted by molar-refractivity contribution is 0.272. The van der Waals surface area contributed by atoms with Crippen molar-refractivity contribution in [3.63, 3.8) is 0 Å². The topological polar surface area (TPSA) is 107 Å². The second kappa shape index (κ2) is 7.45. The fourth-order valence-corrected chi connectivity index (χ4v) is 1.07. The first kappa shape index (κ1) is 11.8. The lowest BCUT2D eigenvalue weighted by Gasteiger charge is -2.23. The van der Waals surface area contributed by atoms with Crippen LogP contribution in [0.1, 0.15) is 0 Å². The molecule has 0 radical (unpaired) electrons. The van der Waals surface area contributed by atoms with Crippen LogP contribution in [0.25, 0.3) is 0 Å². The molecule has 5 heteroatoms. The summed E-state index contributed by atoms with van der Waals surface area (Å²) in [5, 5.41) is 0. The first-order valence-electron chi connectivity index (χ1n) is 4.32. The van der Waals surface area contributed by atoms with Gasteiger partial charge in [-0.3, -0.25) is 4.90 Å². The molecule has 0 aliphatic heterocycles. The molecule has 8 N–H and O–H groups in total. The molecule has 0 aromatic heterocycles. The van der Waals surface area contributed by atoms with E-state index in [1.165, 1.54) is 0 Å². The molecule has 12 heavy (non-hydrogen) atoms. The summed E-state index contributed by atoms with van der Waals surface area (Å²) in [6, 6.07) is 0.0306. The van der Waals surface area contributed by atoms with Crippen LogP contribution in [0.4, 0.5) is 0 Å². The van der Waals surface area contributed by atoms with E-state index in [9.17, 15) is 0 Å². The van der Waals surface area contributed by atoms with Gasteiger partial charge in [0.2, 0.25) is 0 Å². The van der Waals surface area contributed by atoms with Crippen molar-refractivity contribution in [1.29, 1.82) is 0 Å². The van der Waals surface area contributed by atoms with Crippen LogP contribution in [0.2, 0.25) is 0 Å². The van der Waals surface area contributed by atoms with Gasteiger partial charge in [-0.05, 0) is 0 Å². The van der Waals surface area contributed by atoms with Crippen molar-refractivity contribution in [2.24, 2.45) is 22.9 Å². The fourth-order valence-electron chi connectivity index (χ4n) is 1.07. The summed E-state index contributed by atoms with van der Waals surface area (Å²) >= 11 is 0. The lowest BCUT2D eigenvalue weighted by Crippen LogP contribution is -2.45. The Labute approximate surface area is 74.0 Å². The summed E-state index contributed by atoms with van der Waals surface area (Å²) in [4.78, 5) is 2.14. The van der Waals surface area contributed by atoms with E-state index >= 15 is 0 Å². The summed E-state index contributed by atoms with van der Waals surface area (Å²) in [5.41, 5.74) is 21.9. The molecule has 0 saturated carbocycles. The predicted octanol–water partition coefficient (Wildman–Crippen LogP) is -2.51. The zero-order chi connectivity index (χ0) is 9.40. The molecular weight excluding hydrogens is 154 g/mol. The Bertz CT molecular complexity index is 91.8. The third-order valence-corrected chi connectivity index (χ3v) is 1.69. The standard InChI is InChI=1S/C7H21N5/c8-1-3-12(4-2-9)6-7(11)5-10/h7H,1-6,8-11H2. The summed E-state index contributed by atoms with van der Waals surface area (Å²) in [5.74, 6) is 0. The normalized spacial score (nSPS) is 13.8. The van der Waals surface area contributed by atoms with Gasteiger partial charge < -0.3 is 22.9 Å². The summed E-state index contributed by atoms with van der Waals surface area (Å²) in [6.07, 6.45) is 0.